The summed E-state index contributed by atoms with van der Waals surface area (Å²) in [5.41, 5.74) is -1.35. The first kappa shape index (κ1) is 22.2. The van der Waals surface area contributed by atoms with Crippen molar-refractivity contribution in [3.05, 3.63) is 46.5 Å². The molecule has 1 heterocycles. The smallest absolute Gasteiger partial charge is 0.272 e. The minimum atomic E-state index is -0.932. The quantitative estimate of drug-likeness (QED) is 0.542. The van der Waals surface area contributed by atoms with Crippen LogP contribution in [0.5, 0.6) is 0 Å². The minimum Gasteiger partial charge on any atom is -0.354 e. The summed E-state index contributed by atoms with van der Waals surface area (Å²) in [7, 11) is 1.46. The molecule has 3 saturated carbocycles. The Morgan fingerprint density at radius 3 is 2.31 bits per heavy atom. The van der Waals surface area contributed by atoms with E-state index in [1.807, 2.05) is 0 Å². The maximum Gasteiger partial charge on any atom is 0.272 e. The highest BCUT2D eigenvalue weighted by molar-refractivity contribution is 6.33. The van der Waals surface area contributed by atoms with Gasteiger partial charge < -0.3 is 20.9 Å². The number of H-pyrrole nitrogens is 1. The topological polar surface area (TPSA) is 116 Å². The summed E-state index contributed by atoms with van der Waals surface area (Å²) in [6.07, 6.45) is 4.39. The van der Waals surface area contributed by atoms with Crippen molar-refractivity contribution < 1.29 is 23.2 Å². The lowest BCUT2D eigenvalue weighted by Gasteiger charge is -2.52. The lowest BCUT2D eigenvalue weighted by molar-refractivity contribution is -0.132. The van der Waals surface area contributed by atoms with Crippen LogP contribution >= 0.6 is 11.6 Å². The number of benzene rings is 1. The third-order valence-electron chi connectivity index (χ3n) is 6.66. The standard InChI is InChI=1S/C21H22ClF2N5O3/c1-25-17(30)15-16(27-10-26-15)18(31)29-21-5-2-20(3-6-21,4-7-21)19(32)28-14-12(22)8-11(23)9-13(14)24/h8-10H,2-7H2,1H3,(H,25,30)(H,26,27)(H,28,32)(H,29,31). The van der Waals surface area contributed by atoms with Crippen molar-refractivity contribution in [3.8, 4) is 0 Å². The van der Waals surface area contributed by atoms with E-state index >= 15 is 0 Å². The predicted molar refractivity (Wildman–Crippen MR) is 112 cm³/mol. The zero-order chi connectivity index (χ0) is 23.1. The molecule has 0 atom stereocenters. The molecule has 3 amide bonds. The Hall–Kier alpha value is -3.01. The summed E-state index contributed by atoms with van der Waals surface area (Å²) >= 11 is 5.91. The minimum absolute atomic E-state index is 0.0142. The van der Waals surface area contributed by atoms with Gasteiger partial charge in [-0.2, -0.15) is 0 Å². The number of carbonyl (C=O) groups excluding carboxylic acids is 3. The van der Waals surface area contributed by atoms with Crippen molar-refractivity contribution in [2.24, 2.45) is 5.41 Å². The Morgan fingerprint density at radius 2 is 1.72 bits per heavy atom. The molecule has 170 valence electrons. The molecule has 2 aromatic rings. The molecule has 0 radical (unpaired) electrons. The van der Waals surface area contributed by atoms with E-state index < -0.39 is 34.4 Å². The van der Waals surface area contributed by atoms with E-state index in [1.54, 1.807) is 0 Å². The van der Waals surface area contributed by atoms with Gasteiger partial charge in [0.2, 0.25) is 5.91 Å². The lowest BCUT2D eigenvalue weighted by atomic mass is 9.57. The molecule has 2 bridgehead atoms. The summed E-state index contributed by atoms with van der Waals surface area (Å²) in [5, 5.41) is 7.80. The SMILES string of the molecule is CNC(=O)c1[nH]cnc1C(=O)NC12CCC(C(=O)Nc3c(F)cc(F)cc3Cl)(CC1)CC2. The zero-order valence-corrected chi connectivity index (χ0v) is 18.0. The third-order valence-corrected chi connectivity index (χ3v) is 6.96. The van der Waals surface area contributed by atoms with Crippen LogP contribution in [0.2, 0.25) is 5.02 Å². The van der Waals surface area contributed by atoms with Crippen molar-refractivity contribution >= 4 is 35.0 Å². The predicted octanol–water partition coefficient (Wildman–Crippen LogP) is 3.16. The van der Waals surface area contributed by atoms with E-state index in [0.717, 1.165) is 6.07 Å². The first-order valence-corrected chi connectivity index (χ1v) is 10.6. The van der Waals surface area contributed by atoms with Gasteiger partial charge in [-0.15, -0.1) is 0 Å². The second-order valence-corrected chi connectivity index (χ2v) is 8.83. The van der Waals surface area contributed by atoms with Crippen molar-refractivity contribution in [3.63, 3.8) is 0 Å². The highest BCUT2D eigenvalue weighted by atomic mass is 35.5. The molecule has 0 aliphatic heterocycles. The van der Waals surface area contributed by atoms with Crippen molar-refractivity contribution in [2.75, 3.05) is 12.4 Å². The van der Waals surface area contributed by atoms with Crippen molar-refractivity contribution in [1.29, 1.82) is 0 Å². The molecule has 5 rings (SSSR count). The van der Waals surface area contributed by atoms with Gasteiger partial charge in [0.05, 0.1) is 17.0 Å². The number of carbonyl (C=O) groups is 3. The number of aromatic amines is 1. The number of rotatable bonds is 5. The van der Waals surface area contributed by atoms with Crippen LogP contribution in [0, 0.1) is 17.0 Å². The molecule has 32 heavy (non-hydrogen) atoms. The van der Waals surface area contributed by atoms with Gasteiger partial charge in [-0.05, 0) is 44.6 Å². The van der Waals surface area contributed by atoms with Gasteiger partial charge in [0, 0.05) is 24.1 Å². The maximum atomic E-state index is 14.1. The molecule has 1 aromatic carbocycles. The van der Waals surface area contributed by atoms with Gasteiger partial charge in [-0.3, -0.25) is 14.4 Å². The maximum absolute atomic E-state index is 14.1. The van der Waals surface area contributed by atoms with E-state index in [9.17, 15) is 23.2 Å². The Kier molecular flexibility index (Phi) is 5.66. The largest absolute Gasteiger partial charge is 0.354 e. The van der Waals surface area contributed by atoms with Crippen LogP contribution in [0.1, 0.15) is 59.5 Å². The van der Waals surface area contributed by atoms with Gasteiger partial charge >= 0.3 is 0 Å². The lowest BCUT2D eigenvalue weighted by Crippen LogP contribution is -2.59. The third kappa shape index (κ3) is 3.83. The molecule has 0 spiro atoms. The highest BCUT2D eigenvalue weighted by Gasteiger charge is 2.53. The van der Waals surface area contributed by atoms with E-state index in [-0.39, 0.29) is 28.0 Å². The van der Waals surface area contributed by atoms with Gasteiger partial charge in [-0.1, -0.05) is 11.6 Å². The fourth-order valence-corrected chi connectivity index (χ4v) is 4.93. The number of hydrogen-bond acceptors (Lipinski definition) is 4. The second-order valence-electron chi connectivity index (χ2n) is 8.42. The van der Waals surface area contributed by atoms with Crippen LogP contribution in [0.4, 0.5) is 14.5 Å². The number of aromatic nitrogens is 2. The van der Waals surface area contributed by atoms with Crippen LogP contribution in [0.3, 0.4) is 0 Å². The number of nitrogens with one attached hydrogen (secondary N) is 4. The van der Waals surface area contributed by atoms with E-state index in [2.05, 4.69) is 25.9 Å². The molecular weight excluding hydrogens is 444 g/mol. The van der Waals surface area contributed by atoms with Crippen LogP contribution in [0.15, 0.2) is 18.5 Å². The average Bonchev–Trinajstić information content (AvgIpc) is 3.27. The summed E-state index contributed by atoms with van der Waals surface area (Å²) in [5.74, 6) is -3.02. The number of hydrogen-bond donors (Lipinski definition) is 4. The van der Waals surface area contributed by atoms with Crippen molar-refractivity contribution in [2.45, 2.75) is 44.1 Å². The first-order chi connectivity index (χ1) is 15.2. The number of halogens is 3. The summed E-state index contributed by atoms with van der Waals surface area (Å²) < 4.78 is 27.4. The molecule has 0 saturated heterocycles. The first-order valence-electron chi connectivity index (χ1n) is 10.2. The van der Waals surface area contributed by atoms with Gasteiger partial charge in [0.25, 0.3) is 11.8 Å². The Morgan fingerprint density at radius 1 is 1.06 bits per heavy atom. The fraction of sp³-hybridized carbons (Fsp3) is 0.429. The molecule has 1 aromatic heterocycles. The van der Waals surface area contributed by atoms with Crippen LogP contribution in [0.25, 0.3) is 0 Å². The molecule has 3 aliphatic rings. The van der Waals surface area contributed by atoms with E-state index in [0.29, 0.717) is 44.6 Å². The number of anilines is 1. The van der Waals surface area contributed by atoms with Crippen LogP contribution in [-0.2, 0) is 4.79 Å². The fourth-order valence-electron chi connectivity index (χ4n) is 4.69. The molecule has 8 nitrogen and oxygen atoms in total. The van der Waals surface area contributed by atoms with Crippen LogP contribution < -0.4 is 16.0 Å². The van der Waals surface area contributed by atoms with Crippen LogP contribution in [-0.4, -0.2) is 40.3 Å². The summed E-state index contributed by atoms with van der Waals surface area (Å²) in [6.45, 7) is 0. The molecule has 3 aliphatic carbocycles. The monoisotopic (exact) mass is 465 g/mol. The Bertz CT molecular complexity index is 1060. The molecule has 4 N–H and O–H groups in total. The molecule has 3 fully saturated rings. The molecule has 0 unspecified atom stereocenters. The Labute approximate surface area is 187 Å². The molecular formula is C21H22ClF2N5O3. The number of imidazole rings is 1. The van der Waals surface area contributed by atoms with E-state index in [4.69, 9.17) is 11.6 Å². The van der Waals surface area contributed by atoms with Gasteiger partial charge in [-0.25, -0.2) is 13.8 Å². The number of amides is 3. The molecule has 11 heteroatoms. The highest BCUT2D eigenvalue weighted by Crippen LogP contribution is 2.53. The number of fused-ring (bicyclic) bond motifs is 3. The Balaban J connectivity index is 1.44. The van der Waals surface area contributed by atoms with Crippen molar-refractivity contribution in [1.82, 2.24) is 20.6 Å². The second kappa shape index (κ2) is 8.16. The summed E-state index contributed by atoms with van der Waals surface area (Å²) in [6, 6.07) is 1.62. The average molecular weight is 466 g/mol. The zero-order valence-electron chi connectivity index (χ0n) is 17.3. The van der Waals surface area contributed by atoms with Gasteiger partial charge in [0.15, 0.2) is 11.5 Å². The van der Waals surface area contributed by atoms with E-state index in [1.165, 1.54) is 13.4 Å². The van der Waals surface area contributed by atoms with Gasteiger partial charge in [0.1, 0.15) is 11.5 Å². The number of nitrogens with zero attached hydrogens (tertiary/aromatic N) is 1. The summed E-state index contributed by atoms with van der Waals surface area (Å²) in [4.78, 5) is 44.4. The normalized spacial score (nSPS) is 24.1.